The molecule has 2 N–H and O–H groups in total. The first-order chi connectivity index (χ1) is 8.63. The Morgan fingerprint density at radius 2 is 1.83 bits per heavy atom. The minimum absolute atomic E-state index is 0.329. The summed E-state index contributed by atoms with van der Waals surface area (Å²) in [6.45, 7) is 4.56. The quantitative estimate of drug-likeness (QED) is 0.849. The molecule has 1 aliphatic rings. The Morgan fingerprint density at radius 1 is 1.11 bits per heavy atom. The first-order valence-corrected chi connectivity index (χ1v) is 6.38. The molecular formula is C12H21N5O. The molecule has 0 aromatic carbocycles. The van der Waals surface area contributed by atoms with Crippen LogP contribution in [0.3, 0.4) is 0 Å². The average Bonchev–Trinajstić information content (AvgIpc) is 2.70. The number of nitrogens with zero attached hydrogens (tertiary/aromatic N) is 3. The monoisotopic (exact) mass is 251 g/mol. The van der Waals surface area contributed by atoms with Gasteiger partial charge in [-0.3, -0.25) is 0 Å². The van der Waals surface area contributed by atoms with Crippen molar-refractivity contribution in [3.63, 3.8) is 0 Å². The van der Waals surface area contributed by atoms with Crippen molar-refractivity contribution in [2.75, 3.05) is 24.8 Å². The Bertz CT molecular complexity index is 389. The van der Waals surface area contributed by atoms with Gasteiger partial charge in [0, 0.05) is 13.1 Å². The molecule has 0 aliphatic heterocycles. The van der Waals surface area contributed by atoms with E-state index in [1.165, 1.54) is 6.42 Å². The maximum atomic E-state index is 5.07. The van der Waals surface area contributed by atoms with Crippen molar-refractivity contribution >= 4 is 11.9 Å². The van der Waals surface area contributed by atoms with Crippen LogP contribution in [0.1, 0.15) is 26.7 Å². The number of nitrogens with one attached hydrogen (secondary N) is 2. The summed E-state index contributed by atoms with van der Waals surface area (Å²) in [6.07, 6.45) is 2.41. The zero-order chi connectivity index (χ0) is 13.1. The van der Waals surface area contributed by atoms with E-state index in [0.717, 1.165) is 12.3 Å². The van der Waals surface area contributed by atoms with Gasteiger partial charge in [0.25, 0.3) is 0 Å². The highest BCUT2D eigenvalue weighted by molar-refractivity contribution is 5.36. The second-order valence-electron chi connectivity index (χ2n) is 4.88. The Labute approximate surface area is 108 Å². The van der Waals surface area contributed by atoms with Gasteiger partial charge in [-0.1, -0.05) is 13.8 Å². The Hall–Kier alpha value is -1.59. The second-order valence-corrected chi connectivity index (χ2v) is 4.88. The molecule has 2 rings (SSSR count). The summed E-state index contributed by atoms with van der Waals surface area (Å²) in [7, 11) is 3.33. The molecule has 0 saturated heterocycles. The predicted molar refractivity (Wildman–Crippen MR) is 70.9 cm³/mol. The second kappa shape index (κ2) is 5.37. The molecule has 3 atom stereocenters. The number of anilines is 2. The third kappa shape index (κ3) is 2.63. The van der Waals surface area contributed by atoms with Gasteiger partial charge in [0.05, 0.1) is 7.11 Å². The maximum absolute atomic E-state index is 5.07. The topological polar surface area (TPSA) is 72.0 Å². The van der Waals surface area contributed by atoms with E-state index >= 15 is 0 Å². The average molecular weight is 251 g/mol. The lowest BCUT2D eigenvalue weighted by Gasteiger charge is -2.19. The minimum Gasteiger partial charge on any atom is -0.467 e. The van der Waals surface area contributed by atoms with Crippen LogP contribution < -0.4 is 15.4 Å². The van der Waals surface area contributed by atoms with E-state index in [4.69, 9.17) is 4.74 Å². The predicted octanol–water partition coefficient (Wildman–Crippen LogP) is 1.77. The smallest absolute Gasteiger partial charge is 0.322 e. The van der Waals surface area contributed by atoms with Gasteiger partial charge in [-0.05, 0) is 24.7 Å². The van der Waals surface area contributed by atoms with Crippen LogP contribution in [0, 0.1) is 11.8 Å². The van der Waals surface area contributed by atoms with Crippen molar-refractivity contribution in [2.24, 2.45) is 11.8 Å². The molecule has 6 heteroatoms. The van der Waals surface area contributed by atoms with E-state index in [0.29, 0.717) is 29.9 Å². The van der Waals surface area contributed by atoms with Crippen LogP contribution in [0.15, 0.2) is 0 Å². The van der Waals surface area contributed by atoms with Gasteiger partial charge < -0.3 is 15.4 Å². The van der Waals surface area contributed by atoms with E-state index < -0.39 is 0 Å². The zero-order valence-electron chi connectivity index (χ0n) is 11.4. The molecule has 1 heterocycles. The van der Waals surface area contributed by atoms with Crippen molar-refractivity contribution < 1.29 is 4.74 Å². The molecule has 6 nitrogen and oxygen atoms in total. The molecule has 0 bridgehead atoms. The van der Waals surface area contributed by atoms with Crippen LogP contribution in [0.4, 0.5) is 11.9 Å². The van der Waals surface area contributed by atoms with Crippen molar-refractivity contribution in [2.45, 2.75) is 32.7 Å². The molecule has 0 spiro atoms. The van der Waals surface area contributed by atoms with E-state index in [-0.39, 0.29) is 0 Å². The molecule has 0 amide bonds. The van der Waals surface area contributed by atoms with Crippen LogP contribution in [0.2, 0.25) is 0 Å². The van der Waals surface area contributed by atoms with E-state index in [2.05, 4.69) is 39.4 Å². The summed E-state index contributed by atoms with van der Waals surface area (Å²) in [5.74, 6) is 2.47. The van der Waals surface area contributed by atoms with Crippen LogP contribution in [0.5, 0.6) is 6.01 Å². The summed E-state index contributed by atoms with van der Waals surface area (Å²) in [5, 5.41) is 6.29. The van der Waals surface area contributed by atoms with Crippen molar-refractivity contribution in [1.29, 1.82) is 0 Å². The van der Waals surface area contributed by atoms with Gasteiger partial charge in [0.2, 0.25) is 11.9 Å². The van der Waals surface area contributed by atoms with E-state index in [9.17, 15) is 0 Å². The fourth-order valence-electron chi connectivity index (χ4n) is 2.36. The summed E-state index contributed by atoms with van der Waals surface area (Å²) in [4.78, 5) is 12.6. The summed E-state index contributed by atoms with van der Waals surface area (Å²) < 4.78 is 5.07. The lowest BCUT2D eigenvalue weighted by Crippen LogP contribution is -2.25. The normalized spacial score (nSPS) is 27.0. The largest absolute Gasteiger partial charge is 0.467 e. The van der Waals surface area contributed by atoms with Crippen LogP contribution in [0.25, 0.3) is 0 Å². The summed E-state index contributed by atoms with van der Waals surface area (Å²) in [5.41, 5.74) is 0. The third-order valence-electron chi connectivity index (χ3n) is 3.80. The summed E-state index contributed by atoms with van der Waals surface area (Å²) in [6, 6.07) is 0.757. The molecule has 1 saturated carbocycles. The van der Waals surface area contributed by atoms with Crippen LogP contribution in [-0.4, -0.2) is 35.2 Å². The van der Waals surface area contributed by atoms with Gasteiger partial charge >= 0.3 is 6.01 Å². The fourth-order valence-corrected chi connectivity index (χ4v) is 2.36. The van der Waals surface area contributed by atoms with Crippen molar-refractivity contribution in [3.8, 4) is 6.01 Å². The van der Waals surface area contributed by atoms with Crippen molar-refractivity contribution in [3.05, 3.63) is 0 Å². The molecular weight excluding hydrogens is 230 g/mol. The van der Waals surface area contributed by atoms with Gasteiger partial charge in [-0.2, -0.15) is 15.0 Å². The SMILES string of the molecule is CNc1nc(NC2CCC(C)C2C)nc(OC)n1. The van der Waals surface area contributed by atoms with Gasteiger partial charge in [-0.15, -0.1) is 0 Å². The molecule has 1 aliphatic carbocycles. The lowest BCUT2D eigenvalue weighted by molar-refractivity contribution is 0.378. The standard InChI is InChI=1S/C12H21N5O/c1-7-5-6-9(8(7)2)14-11-15-10(13-3)16-12(17-11)18-4/h7-9H,5-6H2,1-4H3,(H2,13,14,15,16,17). The Morgan fingerprint density at radius 3 is 2.39 bits per heavy atom. The molecule has 1 aromatic heterocycles. The maximum Gasteiger partial charge on any atom is 0.322 e. The number of aromatic nitrogens is 3. The highest BCUT2D eigenvalue weighted by atomic mass is 16.5. The molecule has 100 valence electrons. The van der Waals surface area contributed by atoms with Crippen LogP contribution in [-0.2, 0) is 0 Å². The molecule has 0 radical (unpaired) electrons. The Kier molecular flexibility index (Phi) is 3.84. The molecule has 1 aromatic rings. The Balaban J connectivity index is 2.13. The molecule has 18 heavy (non-hydrogen) atoms. The lowest BCUT2D eigenvalue weighted by atomic mass is 9.98. The number of ether oxygens (including phenoxy) is 1. The number of methoxy groups -OCH3 is 1. The first kappa shape index (κ1) is 12.9. The summed E-state index contributed by atoms with van der Waals surface area (Å²) >= 11 is 0. The van der Waals surface area contributed by atoms with Gasteiger partial charge in [0.1, 0.15) is 0 Å². The van der Waals surface area contributed by atoms with Gasteiger partial charge in [0.15, 0.2) is 0 Å². The number of rotatable bonds is 4. The van der Waals surface area contributed by atoms with Gasteiger partial charge in [-0.25, -0.2) is 0 Å². The molecule has 3 unspecified atom stereocenters. The van der Waals surface area contributed by atoms with Crippen LogP contribution >= 0.6 is 0 Å². The zero-order valence-corrected chi connectivity index (χ0v) is 11.4. The van der Waals surface area contributed by atoms with E-state index in [1.807, 2.05) is 0 Å². The fraction of sp³-hybridized carbons (Fsp3) is 0.750. The highest BCUT2D eigenvalue weighted by Gasteiger charge is 2.30. The first-order valence-electron chi connectivity index (χ1n) is 6.38. The third-order valence-corrected chi connectivity index (χ3v) is 3.80. The van der Waals surface area contributed by atoms with E-state index in [1.54, 1.807) is 14.2 Å². The highest BCUT2D eigenvalue weighted by Crippen LogP contribution is 2.32. The number of hydrogen-bond donors (Lipinski definition) is 2. The number of hydrogen-bond acceptors (Lipinski definition) is 6. The molecule has 1 fully saturated rings. The minimum atomic E-state index is 0.329. The van der Waals surface area contributed by atoms with Crippen molar-refractivity contribution in [1.82, 2.24) is 15.0 Å².